The highest BCUT2D eigenvalue weighted by Crippen LogP contribution is 2.20. The van der Waals surface area contributed by atoms with Crippen LogP contribution in [0.15, 0.2) is 17.0 Å². The number of hydrogen-bond acceptors (Lipinski definition) is 4. The number of sulfonamides is 1. The molecule has 0 fully saturated rings. The number of benzene rings is 1. The monoisotopic (exact) mass is 318 g/mol. The molecule has 0 aliphatic carbocycles. The standard InChI is InChI=1S/C14H23FN2O3S/c1-10-6-12(7-11(8-16-4)13(10)15)21(18,19)17-14(2,3)9-20-5/h6-7,16-17H,8-9H2,1-5H3. The van der Waals surface area contributed by atoms with E-state index in [-0.39, 0.29) is 23.9 Å². The van der Waals surface area contributed by atoms with Gasteiger partial charge in [-0.1, -0.05) is 0 Å². The van der Waals surface area contributed by atoms with E-state index < -0.39 is 15.6 Å². The van der Waals surface area contributed by atoms with Crippen LogP contribution in [0.25, 0.3) is 0 Å². The fraction of sp³-hybridized carbons (Fsp3) is 0.571. The molecule has 0 atom stereocenters. The van der Waals surface area contributed by atoms with Gasteiger partial charge in [0.15, 0.2) is 0 Å². The molecular formula is C14H23FN2O3S. The van der Waals surface area contributed by atoms with E-state index in [1.54, 1.807) is 27.8 Å². The summed E-state index contributed by atoms with van der Waals surface area (Å²) in [4.78, 5) is 0.0517. The number of rotatable bonds is 7. The molecule has 1 rings (SSSR count). The summed E-state index contributed by atoms with van der Waals surface area (Å²) in [5.41, 5.74) is -0.130. The van der Waals surface area contributed by atoms with E-state index in [1.165, 1.54) is 19.2 Å². The first-order valence-corrected chi connectivity index (χ1v) is 8.08. The summed E-state index contributed by atoms with van der Waals surface area (Å²) in [6.45, 7) is 5.49. The van der Waals surface area contributed by atoms with Crippen LogP contribution in [0.5, 0.6) is 0 Å². The van der Waals surface area contributed by atoms with E-state index in [9.17, 15) is 12.8 Å². The fourth-order valence-electron chi connectivity index (χ4n) is 2.09. The Labute approximate surface area is 125 Å². The second-order valence-electron chi connectivity index (χ2n) is 5.67. The maximum absolute atomic E-state index is 13.9. The molecular weight excluding hydrogens is 295 g/mol. The normalized spacial score (nSPS) is 12.7. The van der Waals surface area contributed by atoms with Crippen LogP contribution < -0.4 is 10.0 Å². The highest BCUT2D eigenvalue weighted by atomic mass is 32.2. The second kappa shape index (κ2) is 6.83. The molecule has 2 N–H and O–H groups in total. The van der Waals surface area contributed by atoms with Crippen molar-refractivity contribution < 1.29 is 17.5 Å². The minimum absolute atomic E-state index is 0.0517. The Hall–Kier alpha value is -1.02. The first-order chi connectivity index (χ1) is 9.63. The highest BCUT2D eigenvalue weighted by Gasteiger charge is 2.27. The van der Waals surface area contributed by atoms with Crippen LogP contribution in [0.1, 0.15) is 25.0 Å². The number of aryl methyl sites for hydroxylation is 1. The average Bonchev–Trinajstić information content (AvgIpc) is 2.33. The number of nitrogens with one attached hydrogen (secondary N) is 2. The summed E-state index contributed by atoms with van der Waals surface area (Å²) in [5, 5.41) is 2.82. The molecule has 7 heteroatoms. The Morgan fingerprint density at radius 3 is 2.48 bits per heavy atom. The summed E-state index contributed by atoms with van der Waals surface area (Å²) in [5.74, 6) is -0.389. The zero-order valence-corrected chi connectivity index (χ0v) is 13.9. The molecule has 5 nitrogen and oxygen atoms in total. The molecule has 120 valence electrons. The highest BCUT2D eigenvalue weighted by molar-refractivity contribution is 7.89. The average molecular weight is 318 g/mol. The molecule has 0 amide bonds. The van der Waals surface area contributed by atoms with Gasteiger partial charge in [-0.05, 0) is 45.5 Å². The van der Waals surface area contributed by atoms with Gasteiger partial charge < -0.3 is 10.1 Å². The van der Waals surface area contributed by atoms with Gasteiger partial charge >= 0.3 is 0 Å². The smallest absolute Gasteiger partial charge is 0.241 e. The van der Waals surface area contributed by atoms with Crippen molar-refractivity contribution in [1.82, 2.24) is 10.0 Å². The van der Waals surface area contributed by atoms with E-state index in [0.29, 0.717) is 11.1 Å². The Morgan fingerprint density at radius 1 is 1.33 bits per heavy atom. The predicted octanol–water partition coefficient (Wildman–Crippen LogP) is 1.56. The zero-order valence-electron chi connectivity index (χ0n) is 13.1. The van der Waals surface area contributed by atoms with Crippen molar-refractivity contribution in [3.8, 4) is 0 Å². The van der Waals surface area contributed by atoms with Gasteiger partial charge in [-0.25, -0.2) is 17.5 Å². The summed E-state index contributed by atoms with van der Waals surface area (Å²) >= 11 is 0. The molecule has 21 heavy (non-hydrogen) atoms. The molecule has 0 aliphatic heterocycles. The Balaban J connectivity index is 3.20. The van der Waals surface area contributed by atoms with E-state index in [4.69, 9.17) is 4.74 Å². The van der Waals surface area contributed by atoms with Crippen molar-refractivity contribution in [3.05, 3.63) is 29.1 Å². The molecule has 0 spiro atoms. The van der Waals surface area contributed by atoms with Crippen molar-refractivity contribution in [2.24, 2.45) is 0 Å². The summed E-state index contributed by atoms with van der Waals surface area (Å²) in [7, 11) is -0.565. The maximum atomic E-state index is 13.9. The maximum Gasteiger partial charge on any atom is 0.241 e. The lowest BCUT2D eigenvalue weighted by Crippen LogP contribution is -2.46. The SMILES string of the molecule is CNCc1cc(S(=O)(=O)NC(C)(C)COC)cc(C)c1F. The molecule has 0 saturated heterocycles. The van der Waals surface area contributed by atoms with Crippen molar-refractivity contribution in [2.75, 3.05) is 20.8 Å². The van der Waals surface area contributed by atoms with E-state index in [1.807, 2.05) is 0 Å². The lowest BCUT2D eigenvalue weighted by atomic mass is 10.1. The molecule has 0 aromatic heterocycles. The summed E-state index contributed by atoms with van der Waals surface area (Å²) < 4.78 is 46.4. The third kappa shape index (κ3) is 4.74. The van der Waals surface area contributed by atoms with Gasteiger partial charge in [-0.3, -0.25) is 0 Å². The number of hydrogen-bond donors (Lipinski definition) is 2. The molecule has 0 bridgehead atoms. The number of halogens is 1. The zero-order chi connectivity index (χ0) is 16.3. The van der Waals surface area contributed by atoms with Crippen LogP contribution in [0.4, 0.5) is 4.39 Å². The van der Waals surface area contributed by atoms with Crippen LogP contribution in [0.2, 0.25) is 0 Å². The van der Waals surface area contributed by atoms with Crippen LogP contribution in [0, 0.1) is 12.7 Å². The van der Waals surface area contributed by atoms with Crippen LogP contribution in [-0.2, 0) is 21.3 Å². The molecule has 1 aromatic rings. The number of methoxy groups -OCH3 is 1. The van der Waals surface area contributed by atoms with Gasteiger partial charge in [0, 0.05) is 19.2 Å². The first kappa shape index (κ1) is 18.0. The fourth-order valence-corrected chi connectivity index (χ4v) is 3.63. The Bertz CT molecular complexity index is 600. The van der Waals surface area contributed by atoms with Gasteiger partial charge in [0.1, 0.15) is 5.82 Å². The van der Waals surface area contributed by atoms with Crippen molar-refractivity contribution in [1.29, 1.82) is 0 Å². The van der Waals surface area contributed by atoms with Gasteiger partial charge in [0.25, 0.3) is 0 Å². The van der Waals surface area contributed by atoms with Gasteiger partial charge in [0.2, 0.25) is 10.0 Å². The lowest BCUT2D eigenvalue weighted by Gasteiger charge is -2.25. The van der Waals surface area contributed by atoms with Gasteiger partial charge in [-0.15, -0.1) is 0 Å². The third-order valence-electron chi connectivity index (χ3n) is 2.90. The van der Waals surface area contributed by atoms with Crippen molar-refractivity contribution in [3.63, 3.8) is 0 Å². The predicted molar refractivity (Wildman–Crippen MR) is 80.2 cm³/mol. The van der Waals surface area contributed by atoms with E-state index in [0.717, 1.165) is 0 Å². The van der Waals surface area contributed by atoms with Crippen LogP contribution in [0.3, 0.4) is 0 Å². The first-order valence-electron chi connectivity index (χ1n) is 6.59. The lowest BCUT2D eigenvalue weighted by molar-refractivity contribution is 0.141. The second-order valence-corrected chi connectivity index (χ2v) is 7.35. The summed E-state index contributed by atoms with van der Waals surface area (Å²) in [6, 6.07) is 2.68. The topological polar surface area (TPSA) is 67.4 Å². The van der Waals surface area contributed by atoms with Crippen LogP contribution >= 0.6 is 0 Å². The van der Waals surface area contributed by atoms with E-state index >= 15 is 0 Å². The molecule has 0 heterocycles. The van der Waals surface area contributed by atoms with Crippen LogP contribution in [-0.4, -0.2) is 34.7 Å². The largest absolute Gasteiger partial charge is 0.383 e. The molecule has 0 aliphatic rings. The van der Waals surface area contributed by atoms with E-state index in [2.05, 4.69) is 10.0 Å². The number of ether oxygens (including phenoxy) is 1. The Kier molecular flexibility index (Phi) is 5.86. The van der Waals surface area contributed by atoms with Crippen molar-refractivity contribution in [2.45, 2.75) is 37.8 Å². The summed E-state index contributed by atoms with van der Waals surface area (Å²) in [6.07, 6.45) is 0. The molecule has 0 radical (unpaired) electrons. The van der Waals surface area contributed by atoms with Gasteiger partial charge in [0.05, 0.1) is 17.0 Å². The molecule has 0 saturated carbocycles. The minimum atomic E-state index is -3.74. The Morgan fingerprint density at radius 2 is 1.95 bits per heavy atom. The quantitative estimate of drug-likeness (QED) is 0.800. The third-order valence-corrected chi connectivity index (χ3v) is 4.57. The van der Waals surface area contributed by atoms with Crippen molar-refractivity contribution >= 4 is 10.0 Å². The molecule has 0 unspecified atom stereocenters. The van der Waals surface area contributed by atoms with Gasteiger partial charge in [-0.2, -0.15) is 0 Å². The molecule has 1 aromatic carbocycles. The minimum Gasteiger partial charge on any atom is -0.383 e.